The van der Waals surface area contributed by atoms with Crippen molar-refractivity contribution in [1.29, 1.82) is 0 Å². The average molecular weight is 314 g/mol. The van der Waals surface area contributed by atoms with E-state index in [1.807, 2.05) is 25.1 Å². The Labute approximate surface area is 125 Å². The molecular formula is C14H22N2O2S2. The molecule has 0 radical (unpaired) electrons. The molecule has 1 aliphatic heterocycles. The summed E-state index contributed by atoms with van der Waals surface area (Å²) in [4.78, 5) is 2.08. The van der Waals surface area contributed by atoms with E-state index in [9.17, 15) is 8.42 Å². The van der Waals surface area contributed by atoms with E-state index in [1.54, 1.807) is 18.7 Å². The number of nitrogen functional groups attached to an aromatic ring is 1. The first-order valence-electron chi connectivity index (χ1n) is 6.83. The van der Waals surface area contributed by atoms with Crippen molar-refractivity contribution in [3.63, 3.8) is 0 Å². The third kappa shape index (κ3) is 3.30. The van der Waals surface area contributed by atoms with Gasteiger partial charge in [0.15, 0.2) is 9.84 Å². The summed E-state index contributed by atoms with van der Waals surface area (Å²) in [5.74, 6) is 1.85. The maximum Gasteiger partial charge on any atom is 0.166 e. The second kappa shape index (κ2) is 6.37. The van der Waals surface area contributed by atoms with Crippen LogP contribution >= 0.6 is 11.8 Å². The van der Waals surface area contributed by atoms with Gasteiger partial charge in [-0.15, -0.1) is 0 Å². The predicted molar refractivity (Wildman–Crippen MR) is 86.6 cm³/mol. The molecule has 0 aliphatic carbocycles. The lowest BCUT2D eigenvalue weighted by Gasteiger charge is -2.35. The van der Waals surface area contributed by atoms with Crippen molar-refractivity contribution < 1.29 is 8.42 Å². The highest BCUT2D eigenvalue weighted by Crippen LogP contribution is 2.25. The Balaban J connectivity index is 2.23. The van der Waals surface area contributed by atoms with Gasteiger partial charge in [-0.2, -0.15) is 11.8 Å². The second-order valence-electron chi connectivity index (χ2n) is 5.08. The van der Waals surface area contributed by atoms with E-state index >= 15 is 0 Å². The summed E-state index contributed by atoms with van der Waals surface area (Å²) in [6, 6.07) is 5.84. The van der Waals surface area contributed by atoms with Crippen molar-refractivity contribution >= 4 is 27.3 Å². The summed E-state index contributed by atoms with van der Waals surface area (Å²) in [5, 5.41) is -0.368. The molecule has 0 spiro atoms. The fourth-order valence-corrected chi connectivity index (χ4v) is 5.49. The van der Waals surface area contributed by atoms with Gasteiger partial charge >= 0.3 is 0 Å². The lowest BCUT2D eigenvalue weighted by atomic mass is 10.1. The molecule has 0 bridgehead atoms. The molecule has 1 unspecified atom stereocenters. The minimum absolute atomic E-state index is 0.199. The van der Waals surface area contributed by atoms with E-state index < -0.39 is 9.84 Å². The van der Waals surface area contributed by atoms with E-state index in [-0.39, 0.29) is 11.1 Å². The van der Waals surface area contributed by atoms with Crippen LogP contribution in [-0.2, 0) is 16.4 Å². The van der Waals surface area contributed by atoms with E-state index in [1.165, 1.54) is 0 Å². The van der Waals surface area contributed by atoms with E-state index in [4.69, 9.17) is 5.73 Å². The number of thioether (sulfide) groups is 1. The number of hydrogen-bond acceptors (Lipinski definition) is 5. The number of nitrogens with zero attached hydrogens (tertiary/aromatic N) is 1. The van der Waals surface area contributed by atoms with Crippen LogP contribution in [0.4, 0.5) is 5.69 Å². The molecule has 2 N–H and O–H groups in total. The number of anilines is 1. The van der Waals surface area contributed by atoms with Crippen LogP contribution in [-0.4, -0.2) is 42.5 Å². The second-order valence-corrected chi connectivity index (χ2v) is 8.68. The smallest absolute Gasteiger partial charge is 0.166 e. The highest BCUT2D eigenvalue weighted by molar-refractivity contribution is 8.01. The van der Waals surface area contributed by atoms with E-state index in [2.05, 4.69) is 4.90 Å². The maximum absolute atomic E-state index is 12.2. The van der Waals surface area contributed by atoms with Crippen molar-refractivity contribution in [2.24, 2.45) is 0 Å². The Kier molecular flexibility index (Phi) is 4.99. The molecule has 6 heteroatoms. The Hall–Kier alpha value is -0.720. The fourth-order valence-electron chi connectivity index (χ4n) is 2.41. The van der Waals surface area contributed by atoms with Gasteiger partial charge in [0.05, 0.1) is 0 Å². The molecule has 1 aromatic rings. The van der Waals surface area contributed by atoms with Gasteiger partial charge in [-0.05, 0) is 24.1 Å². The zero-order valence-electron chi connectivity index (χ0n) is 12.0. The minimum Gasteiger partial charge on any atom is -0.399 e. The van der Waals surface area contributed by atoms with Crippen LogP contribution in [0.3, 0.4) is 0 Å². The van der Waals surface area contributed by atoms with Crippen molar-refractivity contribution in [1.82, 2.24) is 4.90 Å². The van der Waals surface area contributed by atoms with Gasteiger partial charge in [-0.3, -0.25) is 4.90 Å². The van der Waals surface area contributed by atoms with Crippen LogP contribution in [0.5, 0.6) is 0 Å². The van der Waals surface area contributed by atoms with Gasteiger partial charge in [0, 0.05) is 36.0 Å². The van der Waals surface area contributed by atoms with Gasteiger partial charge in [0.1, 0.15) is 5.37 Å². The first kappa shape index (κ1) is 15.7. The molecule has 112 valence electrons. The summed E-state index contributed by atoms with van der Waals surface area (Å²) >= 11 is 1.72. The number of rotatable bonds is 4. The standard InChI is InChI=1S/C14H22N2O2S2/c1-3-20(17,18)14-10-19-8-7-16(14)9-12-5-4-6-13(15)11(12)2/h4-6,14H,3,7-10,15H2,1-2H3. The fraction of sp³-hybridized carbons (Fsp3) is 0.571. The van der Waals surface area contributed by atoms with E-state index in [0.29, 0.717) is 12.3 Å². The van der Waals surface area contributed by atoms with Crippen molar-refractivity contribution in [2.75, 3.05) is 29.5 Å². The molecule has 0 aromatic heterocycles. The number of nitrogens with two attached hydrogens (primary N) is 1. The zero-order valence-corrected chi connectivity index (χ0v) is 13.6. The Morgan fingerprint density at radius 3 is 2.90 bits per heavy atom. The molecule has 0 saturated carbocycles. The monoisotopic (exact) mass is 314 g/mol. The zero-order chi connectivity index (χ0) is 14.8. The highest BCUT2D eigenvalue weighted by Gasteiger charge is 2.32. The largest absolute Gasteiger partial charge is 0.399 e. The summed E-state index contributed by atoms with van der Waals surface area (Å²) in [6.45, 7) is 5.18. The third-order valence-electron chi connectivity index (χ3n) is 3.87. The summed E-state index contributed by atoms with van der Waals surface area (Å²) in [7, 11) is -3.04. The summed E-state index contributed by atoms with van der Waals surface area (Å²) in [6.07, 6.45) is 0. The average Bonchev–Trinajstić information content (AvgIpc) is 2.44. The molecule has 4 nitrogen and oxygen atoms in total. The maximum atomic E-state index is 12.2. The Bertz CT molecular complexity index is 573. The first-order chi connectivity index (χ1) is 9.45. The van der Waals surface area contributed by atoms with Gasteiger partial charge in [-0.1, -0.05) is 19.1 Å². The van der Waals surface area contributed by atoms with Gasteiger partial charge in [-0.25, -0.2) is 8.42 Å². The number of hydrogen-bond donors (Lipinski definition) is 1. The normalized spacial score (nSPS) is 21.0. The van der Waals surface area contributed by atoms with Crippen molar-refractivity contribution in [3.05, 3.63) is 29.3 Å². The number of sulfone groups is 1. The van der Waals surface area contributed by atoms with Crippen molar-refractivity contribution in [2.45, 2.75) is 25.8 Å². The van der Waals surface area contributed by atoms with Crippen LogP contribution in [0.1, 0.15) is 18.1 Å². The Morgan fingerprint density at radius 2 is 2.20 bits per heavy atom. The van der Waals surface area contributed by atoms with Crippen LogP contribution < -0.4 is 5.73 Å². The van der Waals surface area contributed by atoms with Gasteiger partial charge in [0.25, 0.3) is 0 Å². The van der Waals surface area contributed by atoms with Crippen LogP contribution in [0.15, 0.2) is 18.2 Å². The molecule has 20 heavy (non-hydrogen) atoms. The first-order valence-corrected chi connectivity index (χ1v) is 9.70. The van der Waals surface area contributed by atoms with Crippen LogP contribution in [0.2, 0.25) is 0 Å². The number of benzene rings is 1. The molecule has 1 aliphatic rings. The molecule has 1 heterocycles. The summed E-state index contributed by atoms with van der Waals surface area (Å²) in [5.41, 5.74) is 8.87. The molecule has 2 rings (SSSR count). The highest BCUT2D eigenvalue weighted by atomic mass is 32.2. The Morgan fingerprint density at radius 1 is 1.45 bits per heavy atom. The third-order valence-corrected chi connectivity index (χ3v) is 7.20. The SMILES string of the molecule is CCS(=O)(=O)C1CSCCN1Cc1cccc(N)c1C. The molecular weight excluding hydrogens is 292 g/mol. The topological polar surface area (TPSA) is 63.4 Å². The molecule has 1 atom stereocenters. The molecule has 1 saturated heterocycles. The lowest BCUT2D eigenvalue weighted by molar-refractivity contribution is 0.261. The lowest BCUT2D eigenvalue weighted by Crippen LogP contribution is -2.47. The van der Waals surface area contributed by atoms with Gasteiger partial charge < -0.3 is 5.73 Å². The van der Waals surface area contributed by atoms with Crippen LogP contribution in [0, 0.1) is 6.92 Å². The molecule has 1 aromatic carbocycles. The van der Waals surface area contributed by atoms with Crippen molar-refractivity contribution in [3.8, 4) is 0 Å². The summed E-state index contributed by atoms with van der Waals surface area (Å²) < 4.78 is 24.5. The predicted octanol–water partition coefficient (Wildman–Crippen LogP) is 1.89. The van der Waals surface area contributed by atoms with Gasteiger partial charge in [0.2, 0.25) is 0 Å². The van der Waals surface area contributed by atoms with E-state index in [0.717, 1.165) is 29.1 Å². The molecule has 1 fully saturated rings. The minimum atomic E-state index is -3.04. The van der Waals surface area contributed by atoms with Crippen LogP contribution in [0.25, 0.3) is 0 Å². The quantitative estimate of drug-likeness (QED) is 0.860. The molecule has 0 amide bonds.